The first-order valence-corrected chi connectivity index (χ1v) is 7.41. The Balaban J connectivity index is 2.11. The van der Waals surface area contributed by atoms with Crippen molar-refractivity contribution >= 4 is 0 Å². The zero-order valence-corrected chi connectivity index (χ0v) is 12.8. The molecular formula is C17H27NO. The quantitative estimate of drug-likeness (QED) is 0.883. The van der Waals surface area contributed by atoms with Crippen molar-refractivity contribution in [3.63, 3.8) is 0 Å². The molecule has 1 fully saturated rings. The Bertz CT molecular complexity index is 414. The van der Waals surface area contributed by atoms with E-state index in [9.17, 15) is 0 Å². The van der Waals surface area contributed by atoms with E-state index in [0.29, 0.717) is 6.04 Å². The van der Waals surface area contributed by atoms with Crippen molar-refractivity contribution in [2.45, 2.75) is 64.5 Å². The van der Waals surface area contributed by atoms with E-state index in [0.717, 1.165) is 12.3 Å². The van der Waals surface area contributed by atoms with Crippen molar-refractivity contribution in [3.8, 4) is 5.75 Å². The van der Waals surface area contributed by atoms with Gasteiger partial charge in [-0.15, -0.1) is 0 Å². The van der Waals surface area contributed by atoms with Gasteiger partial charge in [0.15, 0.2) is 0 Å². The summed E-state index contributed by atoms with van der Waals surface area (Å²) < 4.78 is 5.49. The Morgan fingerprint density at radius 3 is 2.47 bits per heavy atom. The molecule has 0 amide bonds. The van der Waals surface area contributed by atoms with Crippen LogP contribution in [0.3, 0.4) is 0 Å². The van der Waals surface area contributed by atoms with Crippen molar-refractivity contribution in [1.82, 2.24) is 5.32 Å². The summed E-state index contributed by atoms with van der Waals surface area (Å²) >= 11 is 0. The maximum absolute atomic E-state index is 5.49. The summed E-state index contributed by atoms with van der Waals surface area (Å²) in [6.45, 7) is 7.67. The molecule has 1 aliphatic carbocycles. The van der Waals surface area contributed by atoms with Crippen LogP contribution in [0.15, 0.2) is 18.2 Å². The van der Waals surface area contributed by atoms with Crippen molar-refractivity contribution in [1.29, 1.82) is 0 Å². The molecule has 0 saturated heterocycles. The van der Waals surface area contributed by atoms with Gasteiger partial charge >= 0.3 is 0 Å². The zero-order chi connectivity index (χ0) is 13.9. The van der Waals surface area contributed by atoms with Crippen LogP contribution in [-0.2, 0) is 12.0 Å². The lowest BCUT2D eigenvalue weighted by Gasteiger charge is -2.22. The van der Waals surface area contributed by atoms with Crippen molar-refractivity contribution in [2.75, 3.05) is 7.11 Å². The third-order valence-electron chi connectivity index (χ3n) is 4.08. The number of hydrogen-bond acceptors (Lipinski definition) is 2. The molecule has 2 nitrogen and oxygen atoms in total. The van der Waals surface area contributed by atoms with E-state index in [4.69, 9.17) is 4.74 Å². The Morgan fingerprint density at radius 2 is 1.89 bits per heavy atom. The van der Waals surface area contributed by atoms with Crippen LogP contribution in [0.1, 0.15) is 57.6 Å². The molecule has 2 heteroatoms. The second-order valence-electron chi connectivity index (χ2n) is 6.64. The molecule has 0 spiro atoms. The van der Waals surface area contributed by atoms with E-state index in [1.807, 2.05) is 0 Å². The molecule has 106 valence electrons. The Morgan fingerprint density at radius 1 is 1.21 bits per heavy atom. The smallest absolute Gasteiger partial charge is 0.123 e. The first kappa shape index (κ1) is 14.4. The van der Waals surface area contributed by atoms with Gasteiger partial charge in [-0.2, -0.15) is 0 Å². The fraction of sp³-hybridized carbons (Fsp3) is 0.647. The van der Waals surface area contributed by atoms with Crippen LogP contribution < -0.4 is 10.1 Å². The summed E-state index contributed by atoms with van der Waals surface area (Å²) in [6.07, 6.45) is 5.39. The predicted octanol–water partition coefficient (Wildman–Crippen LogP) is 4.02. The van der Waals surface area contributed by atoms with Gasteiger partial charge in [0.25, 0.3) is 0 Å². The number of rotatable bonds is 4. The third-order valence-corrected chi connectivity index (χ3v) is 4.08. The van der Waals surface area contributed by atoms with Gasteiger partial charge in [-0.1, -0.05) is 45.7 Å². The van der Waals surface area contributed by atoms with E-state index in [1.54, 1.807) is 7.11 Å². The average Bonchev–Trinajstić information content (AvgIpc) is 2.88. The Hall–Kier alpha value is -1.02. The molecular weight excluding hydrogens is 234 g/mol. The second kappa shape index (κ2) is 5.96. The van der Waals surface area contributed by atoms with Crippen LogP contribution in [0.25, 0.3) is 0 Å². The van der Waals surface area contributed by atoms with Gasteiger partial charge in [0, 0.05) is 18.2 Å². The summed E-state index contributed by atoms with van der Waals surface area (Å²) in [5, 5.41) is 3.67. The minimum atomic E-state index is 0.189. The fourth-order valence-electron chi connectivity index (χ4n) is 2.77. The molecule has 0 aromatic heterocycles. The van der Waals surface area contributed by atoms with Gasteiger partial charge in [0.1, 0.15) is 5.75 Å². The van der Waals surface area contributed by atoms with Crippen LogP contribution in [0.4, 0.5) is 0 Å². The van der Waals surface area contributed by atoms with E-state index in [1.165, 1.54) is 36.8 Å². The Kier molecular flexibility index (Phi) is 4.51. The van der Waals surface area contributed by atoms with Crippen molar-refractivity contribution in [3.05, 3.63) is 29.3 Å². The number of benzene rings is 1. The molecule has 0 aliphatic heterocycles. The van der Waals surface area contributed by atoms with E-state index >= 15 is 0 Å². The van der Waals surface area contributed by atoms with Crippen LogP contribution in [0.5, 0.6) is 5.75 Å². The predicted molar refractivity (Wildman–Crippen MR) is 80.8 cm³/mol. The third kappa shape index (κ3) is 3.73. The first-order chi connectivity index (χ1) is 9.00. The highest BCUT2D eigenvalue weighted by Gasteiger charge is 2.18. The van der Waals surface area contributed by atoms with E-state index < -0.39 is 0 Å². The lowest BCUT2D eigenvalue weighted by atomic mass is 9.86. The molecule has 1 N–H and O–H groups in total. The normalized spacial score (nSPS) is 16.8. The number of ether oxygens (including phenoxy) is 1. The summed E-state index contributed by atoms with van der Waals surface area (Å²) in [5.74, 6) is 0.999. The first-order valence-electron chi connectivity index (χ1n) is 7.41. The lowest BCUT2D eigenvalue weighted by molar-refractivity contribution is 0.404. The molecule has 0 unspecified atom stereocenters. The zero-order valence-electron chi connectivity index (χ0n) is 12.8. The average molecular weight is 261 g/mol. The van der Waals surface area contributed by atoms with Crippen LogP contribution >= 0.6 is 0 Å². The van der Waals surface area contributed by atoms with Gasteiger partial charge in [-0.3, -0.25) is 0 Å². The maximum atomic E-state index is 5.49. The number of nitrogens with one attached hydrogen (secondary N) is 1. The molecule has 1 aromatic rings. The highest BCUT2D eigenvalue weighted by Crippen LogP contribution is 2.28. The lowest BCUT2D eigenvalue weighted by Crippen LogP contribution is -2.25. The molecule has 0 heterocycles. The summed E-state index contributed by atoms with van der Waals surface area (Å²) in [7, 11) is 1.76. The number of methoxy groups -OCH3 is 1. The summed E-state index contributed by atoms with van der Waals surface area (Å²) in [5.41, 5.74) is 2.84. The molecule has 19 heavy (non-hydrogen) atoms. The summed E-state index contributed by atoms with van der Waals surface area (Å²) in [6, 6.07) is 7.27. The van der Waals surface area contributed by atoms with E-state index in [2.05, 4.69) is 44.3 Å². The standard InChI is InChI=1S/C17H27NO/c1-17(2,3)14-9-10-16(19-4)13(11-14)12-18-15-7-5-6-8-15/h9-11,15,18H,5-8,12H2,1-4H3. The summed E-state index contributed by atoms with van der Waals surface area (Å²) in [4.78, 5) is 0. The minimum Gasteiger partial charge on any atom is -0.496 e. The second-order valence-corrected chi connectivity index (χ2v) is 6.64. The highest BCUT2D eigenvalue weighted by atomic mass is 16.5. The topological polar surface area (TPSA) is 21.3 Å². The molecule has 0 bridgehead atoms. The largest absolute Gasteiger partial charge is 0.496 e. The SMILES string of the molecule is COc1ccc(C(C)(C)C)cc1CNC1CCCC1. The van der Waals surface area contributed by atoms with E-state index in [-0.39, 0.29) is 5.41 Å². The van der Waals surface area contributed by atoms with Gasteiger partial charge in [-0.05, 0) is 29.9 Å². The molecule has 0 radical (unpaired) electrons. The molecule has 1 saturated carbocycles. The molecule has 1 aromatic carbocycles. The number of hydrogen-bond donors (Lipinski definition) is 1. The fourth-order valence-corrected chi connectivity index (χ4v) is 2.77. The Labute approximate surface area is 117 Å². The van der Waals surface area contributed by atoms with Crippen molar-refractivity contribution < 1.29 is 4.74 Å². The highest BCUT2D eigenvalue weighted by molar-refractivity contribution is 5.39. The monoisotopic (exact) mass is 261 g/mol. The van der Waals surface area contributed by atoms with Crippen LogP contribution in [0.2, 0.25) is 0 Å². The molecule has 2 rings (SSSR count). The van der Waals surface area contributed by atoms with Crippen molar-refractivity contribution in [2.24, 2.45) is 0 Å². The van der Waals surface area contributed by atoms with Gasteiger partial charge in [-0.25, -0.2) is 0 Å². The maximum Gasteiger partial charge on any atom is 0.123 e. The van der Waals surface area contributed by atoms with Gasteiger partial charge in [0.2, 0.25) is 0 Å². The van der Waals surface area contributed by atoms with Crippen LogP contribution in [0, 0.1) is 0 Å². The van der Waals surface area contributed by atoms with Crippen LogP contribution in [-0.4, -0.2) is 13.2 Å². The van der Waals surface area contributed by atoms with Gasteiger partial charge in [0.05, 0.1) is 7.11 Å². The minimum absolute atomic E-state index is 0.189. The molecule has 0 atom stereocenters. The molecule has 1 aliphatic rings. The van der Waals surface area contributed by atoms with Gasteiger partial charge < -0.3 is 10.1 Å².